The molecule has 7 heteroatoms. The Morgan fingerprint density at radius 3 is 1.81 bits per heavy atom. The van der Waals surface area contributed by atoms with Crippen LogP contribution in [0.15, 0.2) is 103 Å². The molecule has 0 fully saturated rings. The molecule has 0 bridgehead atoms. The van der Waals surface area contributed by atoms with Gasteiger partial charge in [-0.1, -0.05) is 91.0 Å². The van der Waals surface area contributed by atoms with Crippen LogP contribution in [0, 0.1) is 0 Å². The molecule has 162 valence electrons. The molecule has 0 atom stereocenters. The standard InChI is InChI=1S/C25H24N3O2PS/c29-31(28-27-25(32)26-17-16-20-10-4-1-5-11-20)18-23(21-12-6-2-7-13-21)30-24(19-31)22-14-8-3-9-15-22/h1-15,18-19H,16-17H2,(H,28,29)(H2,26,27,32). The Morgan fingerprint density at radius 1 is 0.781 bits per heavy atom. The van der Waals surface area contributed by atoms with Crippen LogP contribution in [0.4, 0.5) is 0 Å². The molecule has 0 unspecified atom stereocenters. The van der Waals surface area contributed by atoms with Gasteiger partial charge in [0.25, 0.3) is 0 Å². The topological polar surface area (TPSA) is 62.4 Å². The van der Waals surface area contributed by atoms with Crippen molar-refractivity contribution in [2.75, 3.05) is 6.54 Å². The van der Waals surface area contributed by atoms with Gasteiger partial charge < -0.3 is 10.1 Å². The van der Waals surface area contributed by atoms with E-state index in [1.54, 1.807) is 11.6 Å². The predicted octanol–water partition coefficient (Wildman–Crippen LogP) is 5.50. The summed E-state index contributed by atoms with van der Waals surface area (Å²) in [6.45, 7) is 0.668. The number of thiocarbonyl (C=S) groups is 1. The highest BCUT2D eigenvalue weighted by atomic mass is 32.1. The lowest BCUT2D eigenvalue weighted by molar-refractivity contribution is 0.468. The normalized spacial score (nSPS) is 14.5. The molecule has 1 aliphatic heterocycles. The van der Waals surface area contributed by atoms with Gasteiger partial charge in [0, 0.05) is 29.3 Å². The second kappa shape index (κ2) is 10.4. The molecule has 1 heterocycles. The van der Waals surface area contributed by atoms with Gasteiger partial charge in [-0.2, -0.15) is 5.20 Å². The van der Waals surface area contributed by atoms with Crippen LogP contribution in [0.2, 0.25) is 0 Å². The van der Waals surface area contributed by atoms with Gasteiger partial charge in [0.05, 0.1) is 0 Å². The highest BCUT2D eigenvalue weighted by Crippen LogP contribution is 2.52. The van der Waals surface area contributed by atoms with Crippen LogP contribution in [-0.2, 0) is 15.7 Å². The highest BCUT2D eigenvalue weighted by molar-refractivity contribution is 7.80. The monoisotopic (exact) mass is 461 g/mol. The molecule has 0 aliphatic carbocycles. The average Bonchev–Trinajstić information content (AvgIpc) is 2.84. The van der Waals surface area contributed by atoms with Crippen LogP contribution >= 0.6 is 19.5 Å². The van der Waals surface area contributed by atoms with Gasteiger partial charge in [0.1, 0.15) is 11.5 Å². The molecule has 32 heavy (non-hydrogen) atoms. The minimum Gasteiger partial charge on any atom is -0.456 e. The van der Waals surface area contributed by atoms with E-state index in [1.807, 2.05) is 78.9 Å². The maximum absolute atomic E-state index is 13.7. The molecule has 0 saturated carbocycles. The number of hydrogen-bond acceptors (Lipinski definition) is 3. The van der Waals surface area contributed by atoms with Crippen LogP contribution in [-0.4, -0.2) is 11.7 Å². The van der Waals surface area contributed by atoms with E-state index in [4.69, 9.17) is 17.0 Å². The number of nitrogens with one attached hydrogen (secondary N) is 3. The molecule has 0 saturated heterocycles. The van der Waals surface area contributed by atoms with Crippen molar-refractivity contribution in [2.45, 2.75) is 6.42 Å². The lowest BCUT2D eigenvalue weighted by Crippen LogP contribution is -2.42. The maximum Gasteiger partial charge on any atom is 0.215 e. The molecule has 1 aliphatic rings. The first kappa shape index (κ1) is 22.0. The Labute approximate surface area is 193 Å². The summed E-state index contributed by atoms with van der Waals surface area (Å²) < 4.78 is 19.8. The highest BCUT2D eigenvalue weighted by Gasteiger charge is 2.27. The Balaban J connectivity index is 1.46. The van der Waals surface area contributed by atoms with Crippen LogP contribution in [0.25, 0.3) is 11.5 Å². The van der Waals surface area contributed by atoms with Gasteiger partial charge in [-0.3, -0.25) is 9.99 Å². The Bertz CT molecular complexity index is 1110. The third-order valence-corrected chi connectivity index (χ3v) is 6.78. The molecule has 4 rings (SSSR count). The fourth-order valence-corrected chi connectivity index (χ4v) is 5.06. The Kier molecular flexibility index (Phi) is 7.17. The fraction of sp³-hybridized carbons (Fsp3) is 0.0800. The number of benzene rings is 3. The Morgan fingerprint density at radius 2 is 1.28 bits per heavy atom. The number of hydrogen-bond donors (Lipinski definition) is 3. The van der Waals surface area contributed by atoms with E-state index in [-0.39, 0.29) is 0 Å². The van der Waals surface area contributed by atoms with Gasteiger partial charge in [0.2, 0.25) is 7.29 Å². The first-order valence-electron chi connectivity index (χ1n) is 10.3. The SMILES string of the molecule is O=P1(NNC(=S)NCCc2ccccc2)C=C(c2ccccc2)OC(c2ccccc2)=C1. The van der Waals surface area contributed by atoms with Crippen molar-refractivity contribution in [3.8, 4) is 0 Å². The zero-order valence-electron chi connectivity index (χ0n) is 17.4. The lowest BCUT2D eigenvalue weighted by Gasteiger charge is -2.24. The molecular formula is C25H24N3O2PS. The van der Waals surface area contributed by atoms with Crippen molar-refractivity contribution in [2.24, 2.45) is 0 Å². The fourth-order valence-electron chi connectivity index (χ4n) is 3.24. The zero-order chi connectivity index (χ0) is 22.2. The number of ether oxygens (including phenoxy) is 1. The maximum atomic E-state index is 13.7. The van der Waals surface area contributed by atoms with Crippen molar-refractivity contribution in [1.82, 2.24) is 15.9 Å². The van der Waals surface area contributed by atoms with Crippen molar-refractivity contribution in [1.29, 1.82) is 0 Å². The zero-order valence-corrected chi connectivity index (χ0v) is 19.1. The van der Waals surface area contributed by atoms with Crippen molar-refractivity contribution >= 4 is 36.1 Å². The molecule has 0 amide bonds. The third kappa shape index (κ3) is 5.95. The lowest BCUT2D eigenvalue weighted by atomic mass is 10.1. The van der Waals surface area contributed by atoms with E-state index in [2.05, 4.69) is 28.1 Å². The van der Waals surface area contributed by atoms with E-state index in [0.29, 0.717) is 23.2 Å². The van der Waals surface area contributed by atoms with Crippen LogP contribution < -0.4 is 15.9 Å². The van der Waals surface area contributed by atoms with Gasteiger partial charge in [0.15, 0.2) is 5.11 Å². The number of hydrazine groups is 1. The molecular weight excluding hydrogens is 437 g/mol. The molecule has 0 aromatic heterocycles. The summed E-state index contributed by atoms with van der Waals surface area (Å²) in [5, 5.41) is 6.43. The molecule has 0 spiro atoms. The van der Waals surface area contributed by atoms with E-state index in [0.717, 1.165) is 17.5 Å². The van der Waals surface area contributed by atoms with Gasteiger partial charge >= 0.3 is 0 Å². The van der Waals surface area contributed by atoms with E-state index in [1.165, 1.54) is 5.56 Å². The van der Waals surface area contributed by atoms with Gasteiger partial charge in [-0.25, -0.2) is 0 Å². The summed E-state index contributed by atoms with van der Waals surface area (Å²) in [5.41, 5.74) is 5.80. The summed E-state index contributed by atoms with van der Waals surface area (Å²) >= 11 is 5.35. The van der Waals surface area contributed by atoms with Crippen molar-refractivity contribution in [3.63, 3.8) is 0 Å². The summed E-state index contributed by atoms with van der Waals surface area (Å²) in [7, 11) is -3.14. The molecule has 5 nitrogen and oxygen atoms in total. The van der Waals surface area contributed by atoms with Crippen molar-refractivity contribution in [3.05, 3.63) is 119 Å². The minimum atomic E-state index is -3.14. The summed E-state index contributed by atoms with van der Waals surface area (Å²) in [6.07, 6.45) is 0.838. The molecule has 3 aromatic carbocycles. The van der Waals surface area contributed by atoms with E-state index >= 15 is 0 Å². The minimum absolute atomic E-state index is 0.381. The molecule has 3 aromatic rings. The van der Waals surface area contributed by atoms with Gasteiger partial charge in [-0.05, 0) is 24.2 Å². The van der Waals surface area contributed by atoms with E-state index in [9.17, 15) is 4.57 Å². The van der Waals surface area contributed by atoms with Crippen LogP contribution in [0.5, 0.6) is 0 Å². The van der Waals surface area contributed by atoms with Crippen LogP contribution in [0.1, 0.15) is 16.7 Å². The molecule has 0 radical (unpaired) electrons. The second-order valence-electron chi connectivity index (χ2n) is 7.26. The smallest absolute Gasteiger partial charge is 0.215 e. The van der Waals surface area contributed by atoms with E-state index < -0.39 is 7.29 Å². The Hall–Kier alpha value is -3.18. The van der Waals surface area contributed by atoms with Crippen LogP contribution in [0.3, 0.4) is 0 Å². The van der Waals surface area contributed by atoms with Crippen molar-refractivity contribution < 1.29 is 9.30 Å². The molecule has 3 N–H and O–H groups in total. The largest absolute Gasteiger partial charge is 0.456 e. The summed E-state index contributed by atoms with van der Waals surface area (Å²) in [6, 6.07) is 29.4. The summed E-state index contributed by atoms with van der Waals surface area (Å²) in [4.78, 5) is 0. The average molecular weight is 462 g/mol. The third-order valence-electron chi connectivity index (χ3n) is 4.84. The second-order valence-corrected chi connectivity index (χ2v) is 9.83. The summed E-state index contributed by atoms with van der Waals surface area (Å²) in [5.74, 6) is 4.31. The predicted molar refractivity (Wildman–Crippen MR) is 135 cm³/mol. The number of rotatable bonds is 7. The first-order chi connectivity index (χ1) is 15.6. The van der Waals surface area contributed by atoms with Gasteiger partial charge in [-0.15, -0.1) is 0 Å². The quantitative estimate of drug-likeness (QED) is 0.245. The first-order valence-corrected chi connectivity index (χ1v) is 12.6.